The summed E-state index contributed by atoms with van der Waals surface area (Å²) < 4.78 is 24.5. The summed E-state index contributed by atoms with van der Waals surface area (Å²) >= 11 is 7.24. The first-order chi connectivity index (χ1) is 10.4. The number of benzene rings is 2. The highest BCUT2D eigenvalue weighted by Gasteiger charge is 2.36. The first kappa shape index (κ1) is 15.3. The summed E-state index contributed by atoms with van der Waals surface area (Å²) in [6, 6.07) is 11.1. The molecule has 0 saturated carbocycles. The number of hydrogen-bond acceptors (Lipinski definition) is 5. The van der Waals surface area contributed by atoms with E-state index in [0.717, 1.165) is 11.0 Å². The van der Waals surface area contributed by atoms with Crippen LogP contribution >= 0.6 is 23.4 Å². The van der Waals surface area contributed by atoms with Gasteiger partial charge in [-0.3, -0.25) is 10.1 Å². The normalized spacial score (nSPS) is 18.9. The Morgan fingerprint density at radius 3 is 2.50 bits per heavy atom. The molecule has 0 saturated heterocycles. The molecule has 0 aliphatic carbocycles. The summed E-state index contributed by atoms with van der Waals surface area (Å²) in [6.45, 7) is 0. The molecule has 2 aromatic carbocycles. The van der Waals surface area contributed by atoms with Gasteiger partial charge < -0.3 is 0 Å². The molecule has 8 heteroatoms. The lowest BCUT2D eigenvalue weighted by atomic mass is 10.1. The molecule has 114 valence electrons. The van der Waals surface area contributed by atoms with Gasteiger partial charge in [0.1, 0.15) is 0 Å². The predicted octanol–water partition coefficient (Wildman–Crippen LogP) is 3.87. The second-order valence-corrected chi connectivity index (χ2v) is 8.54. The molecule has 0 amide bonds. The van der Waals surface area contributed by atoms with Gasteiger partial charge in [-0.25, -0.2) is 8.42 Å². The smallest absolute Gasteiger partial charge is 0.258 e. The third kappa shape index (κ3) is 2.84. The molecular formula is C14H10ClNO4S2. The lowest BCUT2D eigenvalue weighted by Crippen LogP contribution is -2.01. The number of sulfone groups is 1. The molecule has 2 aromatic rings. The van der Waals surface area contributed by atoms with Crippen LogP contribution in [0.25, 0.3) is 0 Å². The van der Waals surface area contributed by atoms with Crippen LogP contribution in [0.15, 0.2) is 52.3 Å². The van der Waals surface area contributed by atoms with Crippen molar-refractivity contribution in [1.82, 2.24) is 0 Å². The van der Waals surface area contributed by atoms with Gasteiger partial charge in [0, 0.05) is 22.1 Å². The van der Waals surface area contributed by atoms with E-state index in [0.29, 0.717) is 10.6 Å². The van der Waals surface area contributed by atoms with E-state index in [1.165, 1.54) is 23.9 Å². The Bertz CT molecular complexity index is 850. The van der Waals surface area contributed by atoms with Crippen molar-refractivity contribution in [3.8, 4) is 0 Å². The van der Waals surface area contributed by atoms with Crippen LogP contribution in [0, 0.1) is 10.1 Å². The number of hydrogen-bond donors (Lipinski definition) is 0. The van der Waals surface area contributed by atoms with Gasteiger partial charge in [-0.1, -0.05) is 11.6 Å². The van der Waals surface area contributed by atoms with Crippen LogP contribution in [0.1, 0.15) is 10.8 Å². The number of thioether (sulfide) groups is 1. The predicted molar refractivity (Wildman–Crippen MR) is 85.2 cm³/mol. The third-order valence-corrected chi connectivity index (χ3v) is 6.86. The average Bonchev–Trinajstić information content (AvgIpc) is 2.72. The zero-order valence-corrected chi connectivity index (χ0v) is 13.5. The minimum Gasteiger partial charge on any atom is -0.258 e. The standard InChI is InChI=1S/C14H10ClNO4S2/c15-9-1-4-11(5-2-9)21-13-8-22(19,20)14-7-10(16(17)18)3-6-12(13)14/h1-7,13H,8H2/t13-/m0/s1. The van der Waals surface area contributed by atoms with E-state index in [-0.39, 0.29) is 21.6 Å². The van der Waals surface area contributed by atoms with Gasteiger partial charge in [-0.05, 0) is 35.9 Å². The van der Waals surface area contributed by atoms with E-state index >= 15 is 0 Å². The summed E-state index contributed by atoms with van der Waals surface area (Å²) in [4.78, 5) is 11.2. The van der Waals surface area contributed by atoms with Crippen molar-refractivity contribution in [2.45, 2.75) is 15.0 Å². The summed E-state index contributed by atoms with van der Waals surface area (Å²) in [5.74, 6) is -0.0587. The maximum atomic E-state index is 12.2. The quantitative estimate of drug-likeness (QED) is 0.617. The fourth-order valence-electron chi connectivity index (χ4n) is 2.33. The highest BCUT2D eigenvalue weighted by Crippen LogP contribution is 2.45. The highest BCUT2D eigenvalue weighted by atomic mass is 35.5. The molecule has 1 aliphatic heterocycles. The maximum absolute atomic E-state index is 12.2. The Morgan fingerprint density at radius 1 is 1.18 bits per heavy atom. The van der Waals surface area contributed by atoms with Gasteiger partial charge in [0.25, 0.3) is 5.69 Å². The summed E-state index contributed by atoms with van der Waals surface area (Å²) in [5.41, 5.74) is 0.407. The zero-order valence-electron chi connectivity index (χ0n) is 11.1. The van der Waals surface area contributed by atoms with E-state index in [9.17, 15) is 18.5 Å². The molecular weight excluding hydrogens is 346 g/mol. The van der Waals surface area contributed by atoms with Crippen LogP contribution in [0.3, 0.4) is 0 Å². The van der Waals surface area contributed by atoms with E-state index in [2.05, 4.69) is 0 Å². The van der Waals surface area contributed by atoms with Gasteiger partial charge in [-0.2, -0.15) is 0 Å². The van der Waals surface area contributed by atoms with Crippen molar-refractivity contribution in [3.63, 3.8) is 0 Å². The Balaban J connectivity index is 1.97. The molecule has 5 nitrogen and oxygen atoms in total. The van der Waals surface area contributed by atoms with Crippen molar-refractivity contribution in [2.75, 3.05) is 5.75 Å². The van der Waals surface area contributed by atoms with Crippen LogP contribution in [0.2, 0.25) is 5.02 Å². The maximum Gasteiger partial charge on any atom is 0.270 e. The number of rotatable bonds is 3. The minimum atomic E-state index is -3.49. The van der Waals surface area contributed by atoms with Crippen LogP contribution in [0.5, 0.6) is 0 Å². The van der Waals surface area contributed by atoms with E-state index in [1.54, 1.807) is 12.1 Å². The molecule has 0 radical (unpaired) electrons. The molecule has 3 rings (SSSR count). The molecule has 0 aromatic heterocycles. The van der Waals surface area contributed by atoms with Crippen molar-refractivity contribution in [3.05, 3.63) is 63.2 Å². The first-order valence-electron chi connectivity index (χ1n) is 6.30. The largest absolute Gasteiger partial charge is 0.270 e. The lowest BCUT2D eigenvalue weighted by Gasteiger charge is -2.09. The Morgan fingerprint density at radius 2 is 1.86 bits per heavy atom. The molecule has 0 bridgehead atoms. The topological polar surface area (TPSA) is 77.3 Å². The number of halogens is 1. The Kier molecular flexibility index (Phi) is 3.88. The fraction of sp³-hybridized carbons (Fsp3) is 0.143. The summed E-state index contributed by atoms with van der Waals surface area (Å²) in [5, 5.41) is 11.1. The zero-order chi connectivity index (χ0) is 15.9. The third-order valence-electron chi connectivity index (χ3n) is 3.35. The number of nitrogens with zero attached hydrogens (tertiary/aromatic N) is 1. The van der Waals surface area contributed by atoms with Crippen molar-refractivity contribution in [2.24, 2.45) is 0 Å². The van der Waals surface area contributed by atoms with Crippen molar-refractivity contribution < 1.29 is 13.3 Å². The number of fused-ring (bicyclic) bond motifs is 1. The number of nitro groups is 1. The highest BCUT2D eigenvalue weighted by molar-refractivity contribution is 8.01. The molecule has 0 N–H and O–H groups in total. The van der Waals surface area contributed by atoms with Gasteiger partial charge in [-0.15, -0.1) is 11.8 Å². The van der Waals surface area contributed by atoms with Crippen LogP contribution in [0.4, 0.5) is 5.69 Å². The monoisotopic (exact) mass is 355 g/mol. The molecule has 1 aliphatic rings. The van der Waals surface area contributed by atoms with Gasteiger partial charge in [0.2, 0.25) is 0 Å². The van der Waals surface area contributed by atoms with E-state index < -0.39 is 14.8 Å². The number of nitro benzene ring substituents is 1. The molecule has 22 heavy (non-hydrogen) atoms. The average molecular weight is 356 g/mol. The molecule has 0 unspecified atom stereocenters. The van der Waals surface area contributed by atoms with Crippen LogP contribution < -0.4 is 0 Å². The molecule has 0 spiro atoms. The second-order valence-electron chi connectivity index (χ2n) is 4.82. The first-order valence-corrected chi connectivity index (χ1v) is 9.21. The fourth-order valence-corrected chi connectivity index (χ4v) is 5.92. The van der Waals surface area contributed by atoms with Crippen LogP contribution in [-0.4, -0.2) is 19.1 Å². The summed E-state index contributed by atoms with van der Waals surface area (Å²) in [6.07, 6.45) is 0. The van der Waals surface area contributed by atoms with E-state index in [4.69, 9.17) is 11.6 Å². The second kappa shape index (κ2) is 5.57. The minimum absolute atomic E-state index is 0.0587. The lowest BCUT2D eigenvalue weighted by molar-refractivity contribution is -0.385. The Labute approximate surface area is 136 Å². The van der Waals surface area contributed by atoms with Crippen LogP contribution in [-0.2, 0) is 9.84 Å². The van der Waals surface area contributed by atoms with Crippen molar-refractivity contribution in [1.29, 1.82) is 0 Å². The summed E-state index contributed by atoms with van der Waals surface area (Å²) in [7, 11) is -3.49. The van der Waals surface area contributed by atoms with Gasteiger partial charge in [0.05, 0.1) is 20.8 Å². The Hall–Kier alpha value is -1.57. The van der Waals surface area contributed by atoms with Gasteiger partial charge in [0.15, 0.2) is 9.84 Å². The molecule has 0 fully saturated rings. The number of non-ortho nitro benzene ring substituents is 1. The van der Waals surface area contributed by atoms with Gasteiger partial charge >= 0.3 is 0 Å². The molecule has 1 heterocycles. The molecule has 1 atom stereocenters. The van der Waals surface area contributed by atoms with Crippen molar-refractivity contribution >= 4 is 38.9 Å². The van der Waals surface area contributed by atoms with E-state index in [1.807, 2.05) is 12.1 Å². The SMILES string of the molecule is O=[N+]([O-])c1ccc2c(c1)S(=O)(=O)C[C@@H]2Sc1ccc(Cl)cc1.